The molecule has 0 aromatic carbocycles. The molecular weight excluding hydrogens is 218 g/mol. The number of methoxy groups -OCH3 is 1. The summed E-state index contributed by atoms with van der Waals surface area (Å²) in [6, 6.07) is 0.734. The molecule has 0 aromatic heterocycles. The molecule has 2 nitrogen and oxygen atoms in total. The van der Waals surface area contributed by atoms with E-state index in [1.54, 1.807) is 0 Å². The molecule has 0 aromatic rings. The van der Waals surface area contributed by atoms with Crippen molar-refractivity contribution in [3.8, 4) is 0 Å². The zero-order valence-corrected chi connectivity index (χ0v) is 12.0. The number of ether oxygens (including phenoxy) is 1. The van der Waals surface area contributed by atoms with Gasteiger partial charge in [-0.2, -0.15) is 11.8 Å². The molecule has 2 unspecified atom stereocenters. The maximum atomic E-state index is 5.49. The third-order valence-corrected chi connectivity index (χ3v) is 4.78. The zero-order chi connectivity index (χ0) is 12.0. The highest BCUT2D eigenvalue weighted by atomic mass is 32.2. The summed E-state index contributed by atoms with van der Waals surface area (Å²) in [4.78, 5) is 0. The molecule has 1 fully saturated rings. The summed E-state index contributed by atoms with van der Waals surface area (Å²) in [6.45, 7) is 7.76. The van der Waals surface area contributed by atoms with Gasteiger partial charge in [0, 0.05) is 18.9 Å². The molecule has 3 heteroatoms. The third kappa shape index (κ3) is 4.64. The van der Waals surface area contributed by atoms with Crippen molar-refractivity contribution in [3.63, 3.8) is 0 Å². The maximum Gasteiger partial charge on any atom is 0.0622 e. The lowest BCUT2D eigenvalue weighted by Gasteiger charge is -2.26. The Bertz CT molecular complexity index is 196. The van der Waals surface area contributed by atoms with E-state index < -0.39 is 0 Å². The van der Waals surface area contributed by atoms with Crippen molar-refractivity contribution in [1.29, 1.82) is 0 Å². The van der Waals surface area contributed by atoms with E-state index in [9.17, 15) is 0 Å². The van der Waals surface area contributed by atoms with Gasteiger partial charge in [0.15, 0.2) is 0 Å². The summed E-state index contributed by atoms with van der Waals surface area (Å²) in [7, 11) is 1.82. The van der Waals surface area contributed by atoms with Crippen molar-refractivity contribution < 1.29 is 4.74 Å². The van der Waals surface area contributed by atoms with Crippen molar-refractivity contribution in [1.82, 2.24) is 5.32 Å². The number of hydrogen-bond acceptors (Lipinski definition) is 3. The lowest BCUT2D eigenvalue weighted by Crippen LogP contribution is -2.37. The highest BCUT2D eigenvalue weighted by Gasteiger charge is 2.29. The van der Waals surface area contributed by atoms with Gasteiger partial charge < -0.3 is 10.1 Å². The van der Waals surface area contributed by atoms with E-state index in [0.717, 1.165) is 18.5 Å². The quantitative estimate of drug-likeness (QED) is 0.745. The summed E-state index contributed by atoms with van der Waals surface area (Å²) in [5, 5.41) is 3.67. The van der Waals surface area contributed by atoms with Crippen LogP contribution in [0, 0.1) is 5.92 Å². The molecule has 0 radical (unpaired) electrons. The van der Waals surface area contributed by atoms with Gasteiger partial charge in [-0.05, 0) is 51.3 Å². The molecule has 0 spiro atoms. The van der Waals surface area contributed by atoms with Gasteiger partial charge in [0.2, 0.25) is 0 Å². The van der Waals surface area contributed by atoms with Gasteiger partial charge in [0.1, 0.15) is 0 Å². The van der Waals surface area contributed by atoms with Crippen LogP contribution in [0.2, 0.25) is 0 Å². The zero-order valence-electron chi connectivity index (χ0n) is 11.2. The molecule has 1 N–H and O–H groups in total. The van der Waals surface area contributed by atoms with Crippen LogP contribution in [0.15, 0.2) is 0 Å². The fourth-order valence-corrected chi connectivity index (χ4v) is 3.56. The minimum atomic E-state index is 0.0442. The van der Waals surface area contributed by atoms with Gasteiger partial charge in [0.25, 0.3) is 0 Å². The minimum Gasteiger partial charge on any atom is -0.379 e. The van der Waals surface area contributed by atoms with Crippen LogP contribution >= 0.6 is 11.8 Å². The third-order valence-electron chi connectivity index (χ3n) is 3.52. The molecule has 0 aliphatic carbocycles. The first-order valence-corrected chi connectivity index (χ1v) is 7.61. The van der Waals surface area contributed by atoms with Crippen LogP contribution in [0.5, 0.6) is 0 Å². The van der Waals surface area contributed by atoms with E-state index in [0.29, 0.717) is 0 Å². The first kappa shape index (κ1) is 14.3. The van der Waals surface area contributed by atoms with Crippen LogP contribution in [-0.4, -0.2) is 36.8 Å². The summed E-state index contributed by atoms with van der Waals surface area (Å²) in [6.07, 6.45) is 3.69. The molecule has 0 bridgehead atoms. The molecule has 1 heterocycles. The van der Waals surface area contributed by atoms with Crippen molar-refractivity contribution in [2.24, 2.45) is 5.92 Å². The van der Waals surface area contributed by atoms with E-state index in [4.69, 9.17) is 4.74 Å². The second-order valence-corrected chi connectivity index (χ2v) is 6.44. The summed E-state index contributed by atoms with van der Waals surface area (Å²) in [5.41, 5.74) is 0.0442. The van der Waals surface area contributed by atoms with Gasteiger partial charge in [-0.3, -0.25) is 0 Å². The lowest BCUT2D eigenvalue weighted by molar-refractivity contribution is 0.0103. The Labute approximate surface area is 105 Å². The predicted octanol–water partition coefficient (Wildman–Crippen LogP) is 2.92. The Morgan fingerprint density at radius 2 is 2.12 bits per heavy atom. The number of hydrogen-bond donors (Lipinski definition) is 1. The van der Waals surface area contributed by atoms with E-state index >= 15 is 0 Å². The van der Waals surface area contributed by atoms with Crippen LogP contribution in [0.3, 0.4) is 0 Å². The smallest absolute Gasteiger partial charge is 0.0622 e. The van der Waals surface area contributed by atoms with Crippen LogP contribution in [0.1, 0.15) is 40.0 Å². The van der Waals surface area contributed by atoms with E-state index in [2.05, 4.69) is 37.8 Å². The number of thioether (sulfide) groups is 1. The molecule has 1 saturated heterocycles. The monoisotopic (exact) mass is 245 g/mol. The SMILES string of the molecule is CCCNC1CSCC1CCC(C)(C)OC. The highest BCUT2D eigenvalue weighted by molar-refractivity contribution is 7.99. The molecule has 0 amide bonds. The molecule has 96 valence electrons. The van der Waals surface area contributed by atoms with Crippen LogP contribution < -0.4 is 5.32 Å². The second-order valence-electron chi connectivity index (χ2n) is 5.36. The number of rotatable bonds is 7. The van der Waals surface area contributed by atoms with Crippen LogP contribution in [0.4, 0.5) is 0 Å². The van der Waals surface area contributed by atoms with Crippen LogP contribution in [-0.2, 0) is 4.74 Å². The highest BCUT2D eigenvalue weighted by Crippen LogP contribution is 2.30. The molecule has 1 aliphatic heterocycles. The van der Waals surface area contributed by atoms with E-state index in [-0.39, 0.29) is 5.60 Å². The Morgan fingerprint density at radius 3 is 2.75 bits per heavy atom. The average Bonchev–Trinajstić information content (AvgIpc) is 2.71. The Hall–Kier alpha value is 0.270. The first-order valence-electron chi connectivity index (χ1n) is 6.45. The van der Waals surface area contributed by atoms with Crippen molar-refractivity contribution in [3.05, 3.63) is 0 Å². The Balaban J connectivity index is 2.29. The summed E-state index contributed by atoms with van der Waals surface area (Å²) < 4.78 is 5.49. The summed E-state index contributed by atoms with van der Waals surface area (Å²) >= 11 is 2.10. The molecule has 1 rings (SSSR count). The van der Waals surface area contributed by atoms with Crippen molar-refractivity contribution >= 4 is 11.8 Å². The van der Waals surface area contributed by atoms with Gasteiger partial charge in [-0.1, -0.05) is 6.92 Å². The predicted molar refractivity (Wildman–Crippen MR) is 73.2 cm³/mol. The lowest BCUT2D eigenvalue weighted by atomic mass is 9.92. The Kier molecular flexibility index (Phi) is 6.16. The first-order chi connectivity index (χ1) is 7.59. The molecule has 16 heavy (non-hydrogen) atoms. The standard InChI is InChI=1S/C13H27NOS/c1-5-8-14-12-10-16-9-11(12)6-7-13(2,3)15-4/h11-12,14H,5-10H2,1-4H3. The van der Waals surface area contributed by atoms with E-state index in [1.165, 1.54) is 30.8 Å². The molecule has 1 aliphatic rings. The molecular formula is C13H27NOS. The van der Waals surface area contributed by atoms with Gasteiger partial charge in [-0.25, -0.2) is 0 Å². The topological polar surface area (TPSA) is 21.3 Å². The maximum absolute atomic E-state index is 5.49. The summed E-state index contributed by atoms with van der Waals surface area (Å²) in [5.74, 6) is 3.45. The second kappa shape index (κ2) is 6.87. The van der Waals surface area contributed by atoms with Gasteiger partial charge in [-0.15, -0.1) is 0 Å². The van der Waals surface area contributed by atoms with Gasteiger partial charge in [0.05, 0.1) is 5.60 Å². The Morgan fingerprint density at radius 1 is 1.38 bits per heavy atom. The normalized spacial score (nSPS) is 26.2. The average molecular weight is 245 g/mol. The minimum absolute atomic E-state index is 0.0442. The van der Waals surface area contributed by atoms with Crippen molar-refractivity contribution in [2.75, 3.05) is 25.2 Å². The fraction of sp³-hybridized carbons (Fsp3) is 1.00. The van der Waals surface area contributed by atoms with E-state index in [1.807, 2.05) is 7.11 Å². The largest absolute Gasteiger partial charge is 0.379 e. The molecule has 2 atom stereocenters. The van der Waals surface area contributed by atoms with Crippen LogP contribution in [0.25, 0.3) is 0 Å². The molecule has 0 saturated carbocycles. The van der Waals surface area contributed by atoms with Crippen molar-refractivity contribution in [2.45, 2.75) is 51.7 Å². The van der Waals surface area contributed by atoms with Gasteiger partial charge >= 0.3 is 0 Å². The fourth-order valence-electron chi connectivity index (χ4n) is 2.07. The number of nitrogens with one attached hydrogen (secondary N) is 1.